The Morgan fingerprint density at radius 1 is 1.26 bits per heavy atom. The van der Waals surface area contributed by atoms with E-state index in [1.165, 1.54) is 59.3 Å². The Kier molecular flexibility index (Phi) is 5.54. The van der Waals surface area contributed by atoms with Crippen molar-refractivity contribution in [3.05, 3.63) is 53.3 Å². The van der Waals surface area contributed by atoms with Crippen LogP contribution in [-0.4, -0.2) is 33.1 Å². The van der Waals surface area contributed by atoms with Gasteiger partial charge in [0.1, 0.15) is 11.4 Å². The van der Waals surface area contributed by atoms with Gasteiger partial charge in [0.15, 0.2) is 23.9 Å². The summed E-state index contributed by atoms with van der Waals surface area (Å²) in [6.07, 6.45) is -1.71. The maximum absolute atomic E-state index is 12.6. The molecular formula is C17H14F3N3O3S. The van der Waals surface area contributed by atoms with Crippen molar-refractivity contribution in [3.63, 3.8) is 0 Å². The fraction of sp³-hybridized carbons (Fsp3) is 0.235. The standard InChI is InChI=1S/C17H14F3N3O3S/c1-2-27-16-22-13(14-8-21-10-26-14)7-15(24)23(16)11-3-5-12(6-4-11)25-9-17(18,19)20/h3-8,10H,2,9H2,1H3. The minimum Gasteiger partial charge on any atom is -0.484 e. The number of hydrogen-bond donors (Lipinski definition) is 0. The highest BCUT2D eigenvalue weighted by Crippen LogP contribution is 2.24. The Balaban J connectivity index is 1.94. The van der Waals surface area contributed by atoms with Gasteiger partial charge in [0.2, 0.25) is 0 Å². The van der Waals surface area contributed by atoms with E-state index >= 15 is 0 Å². The first-order valence-corrected chi connectivity index (χ1v) is 8.81. The SMILES string of the molecule is CCSc1nc(-c2cnco2)cc(=O)n1-c1ccc(OCC(F)(F)F)cc1. The largest absolute Gasteiger partial charge is 0.484 e. The monoisotopic (exact) mass is 397 g/mol. The summed E-state index contributed by atoms with van der Waals surface area (Å²) in [4.78, 5) is 20.9. The van der Waals surface area contributed by atoms with Crippen LogP contribution >= 0.6 is 11.8 Å². The van der Waals surface area contributed by atoms with Crippen LogP contribution in [0, 0.1) is 0 Å². The van der Waals surface area contributed by atoms with Crippen molar-refractivity contribution in [1.82, 2.24) is 14.5 Å². The quantitative estimate of drug-likeness (QED) is 0.464. The molecule has 0 aliphatic heterocycles. The number of hydrogen-bond acceptors (Lipinski definition) is 6. The van der Waals surface area contributed by atoms with Crippen molar-refractivity contribution in [3.8, 4) is 22.9 Å². The maximum Gasteiger partial charge on any atom is 0.422 e. The number of halogens is 3. The molecule has 10 heteroatoms. The second kappa shape index (κ2) is 7.87. The number of benzene rings is 1. The van der Waals surface area contributed by atoms with Crippen molar-refractivity contribution in [2.75, 3.05) is 12.4 Å². The Morgan fingerprint density at radius 2 is 2.00 bits per heavy atom. The van der Waals surface area contributed by atoms with Crippen molar-refractivity contribution in [1.29, 1.82) is 0 Å². The Labute approximate surface area is 156 Å². The Hall–Kier alpha value is -2.75. The number of alkyl halides is 3. The highest BCUT2D eigenvalue weighted by atomic mass is 32.2. The van der Waals surface area contributed by atoms with Crippen LogP contribution in [-0.2, 0) is 0 Å². The zero-order valence-electron chi connectivity index (χ0n) is 14.1. The summed E-state index contributed by atoms with van der Waals surface area (Å²) in [6, 6.07) is 7.07. The molecule has 0 N–H and O–H groups in total. The van der Waals surface area contributed by atoms with Gasteiger partial charge in [-0.05, 0) is 30.0 Å². The number of thioether (sulfide) groups is 1. The van der Waals surface area contributed by atoms with Crippen LogP contribution in [0.3, 0.4) is 0 Å². The van der Waals surface area contributed by atoms with Gasteiger partial charge in [0, 0.05) is 6.07 Å². The van der Waals surface area contributed by atoms with Crippen LogP contribution in [0.2, 0.25) is 0 Å². The molecule has 2 heterocycles. The molecule has 0 bridgehead atoms. The van der Waals surface area contributed by atoms with E-state index in [2.05, 4.69) is 14.7 Å². The highest BCUT2D eigenvalue weighted by Gasteiger charge is 2.28. The molecule has 2 aromatic heterocycles. The van der Waals surface area contributed by atoms with Gasteiger partial charge in [-0.15, -0.1) is 0 Å². The molecule has 0 fully saturated rings. The first-order valence-electron chi connectivity index (χ1n) is 7.83. The molecule has 0 saturated heterocycles. The molecular weight excluding hydrogens is 383 g/mol. The number of ether oxygens (including phenoxy) is 1. The van der Waals surface area contributed by atoms with E-state index in [1.54, 1.807) is 0 Å². The van der Waals surface area contributed by atoms with Crippen LogP contribution in [0.5, 0.6) is 5.75 Å². The molecule has 0 unspecified atom stereocenters. The second-order valence-electron chi connectivity index (χ2n) is 5.29. The summed E-state index contributed by atoms with van der Waals surface area (Å²) in [5.74, 6) is 1.09. The van der Waals surface area contributed by atoms with E-state index in [-0.39, 0.29) is 11.3 Å². The smallest absolute Gasteiger partial charge is 0.422 e. The van der Waals surface area contributed by atoms with Gasteiger partial charge in [0.05, 0.1) is 11.9 Å². The predicted octanol–water partition coefficient (Wildman–Crippen LogP) is 3.94. The van der Waals surface area contributed by atoms with Gasteiger partial charge in [0.25, 0.3) is 5.56 Å². The van der Waals surface area contributed by atoms with Gasteiger partial charge in [-0.1, -0.05) is 18.7 Å². The van der Waals surface area contributed by atoms with Crippen LogP contribution in [0.4, 0.5) is 13.2 Å². The average molecular weight is 397 g/mol. The fourth-order valence-corrected chi connectivity index (χ4v) is 3.00. The molecule has 0 amide bonds. The molecule has 6 nitrogen and oxygen atoms in total. The molecule has 0 spiro atoms. The van der Waals surface area contributed by atoms with E-state index in [0.29, 0.717) is 28.1 Å². The fourth-order valence-electron chi connectivity index (χ4n) is 2.25. The highest BCUT2D eigenvalue weighted by molar-refractivity contribution is 7.99. The topological polar surface area (TPSA) is 70.2 Å². The van der Waals surface area contributed by atoms with Gasteiger partial charge in [-0.2, -0.15) is 13.2 Å². The zero-order chi connectivity index (χ0) is 19.4. The summed E-state index contributed by atoms with van der Waals surface area (Å²) in [7, 11) is 0. The summed E-state index contributed by atoms with van der Waals surface area (Å²) in [6.45, 7) is 0.535. The molecule has 1 aromatic carbocycles. The third-order valence-corrected chi connectivity index (χ3v) is 4.16. The van der Waals surface area contributed by atoms with Gasteiger partial charge in [-0.3, -0.25) is 9.36 Å². The van der Waals surface area contributed by atoms with Crippen LogP contribution in [0.15, 0.2) is 57.3 Å². The molecule has 27 heavy (non-hydrogen) atoms. The lowest BCUT2D eigenvalue weighted by Crippen LogP contribution is -2.21. The number of aromatic nitrogens is 3. The van der Waals surface area contributed by atoms with Crippen molar-refractivity contribution in [2.45, 2.75) is 18.3 Å². The Bertz CT molecular complexity index is 954. The van der Waals surface area contributed by atoms with Crippen LogP contribution in [0.1, 0.15) is 6.92 Å². The molecule has 3 rings (SSSR count). The minimum absolute atomic E-state index is 0.0556. The summed E-state index contributed by atoms with van der Waals surface area (Å²) >= 11 is 1.35. The minimum atomic E-state index is -4.42. The number of rotatable bonds is 6. The van der Waals surface area contributed by atoms with E-state index in [0.717, 1.165) is 0 Å². The zero-order valence-corrected chi connectivity index (χ0v) is 14.9. The van der Waals surface area contributed by atoms with Crippen molar-refractivity contribution in [2.24, 2.45) is 0 Å². The third kappa shape index (κ3) is 4.70. The lowest BCUT2D eigenvalue weighted by atomic mass is 10.3. The van der Waals surface area contributed by atoms with Gasteiger partial charge in [-0.25, -0.2) is 9.97 Å². The lowest BCUT2D eigenvalue weighted by molar-refractivity contribution is -0.153. The molecule has 0 saturated carbocycles. The van der Waals surface area contributed by atoms with E-state index in [1.807, 2.05) is 6.92 Å². The molecule has 3 aromatic rings. The average Bonchev–Trinajstić information content (AvgIpc) is 3.15. The predicted molar refractivity (Wildman–Crippen MR) is 93.3 cm³/mol. The molecule has 0 aliphatic rings. The van der Waals surface area contributed by atoms with E-state index in [9.17, 15) is 18.0 Å². The van der Waals surface area contributed by atoms with Crippen LogP contribution in [0.25, 0.3) is 17.1 Å². The third-order valence-electron chi connectivity index (χ3n) is 3.34. The van der Waals surface area contributed by atoms with E-state index in [4.69, 9.17) is 4.42 Å². The first-order chi connectivity index (χ1) is 12.9. The second-order valence-corrected chi connectivity index (χ2v) is 6.53. The van der Waals surface area contributed by atoms with E-state index < -0.39 is 12.8 Å². The normalized spacial score (nSPS) is 11.6. The maximum atomic E-state index is 12.6. The molecule has 142 valence electrons. The van der Waals surface area contributed by atoms with Gasteiger partial charge < -0.3 is 9.15 Å². The summed E-state index contributed by atoms with van der Waals surface area (Å²) in [5, 5.41) is 0.431. The van der Waals surface area contributed by atoms with Crippen molar-refractivity contribution >= 4 is 11.8 Å². The number of nitrogens with zero attached hydrogens (tertiary/aromatic N) is 3. The summed E-state index contributed by atoms with van der Waals surface area (Å²) in [5.41, 5.74) is 0.470. The van der Waals surface area contributed by atoms with Gasteiger partial charge >= 0.3 is 6.18 Å². The Morgan fingerprint density at radius 3 is 2.59 bits per heavy atom. The molecule has 0 atom stereocenters. The first kappa shape index (κ1) is 19.0. The number of oxazole rings is 1. The van der Waals surface area contributed by atoms with Crippen molar-refractivity contribution < 1.29 is 22.3 Å². The molecule has 0 aliphatic carbocycles. The molecule has 0 radical (unpaired) electrons. The lowest BCUT2D eigenvalue weighted by Gasteiger charge is -2.13. The summed E-state index contributed by atoms with van der Waals surface area (Å²) < 4.78 is 48.0. The van der Waals surface area contributed by atoms with Crippen LogP contribution < -0.4 is 10.3 Å².